The van der Waals surface area contributed by atoms with Crippen molar-refractivity contribution in [1.82, 2.24) is 0 Å². The Labute approximate surface area is 159 Å². The van der Waals surface area contributed by atoms with Gasteiger partial charge in [0, 0.05) is 12.8 Å². The molecule has 27 heavy (non-hydrogen) atoms. The van der Waals surface area contributed by atoms with E-state index < -0.39 is 58.4 Å². The Hall–Kier alpha value is -1.03. The summed E-state index contributed by atoms with van der Waals surface area (Å²) in [5.74, 6) is -1.10. The number of esters is 2. The third-order valence-corrected chi connectivity index (χ3v) is 4.27. The Morgan fingerprint density at radius 1 is 0.852 bits per heavy atom. The van der Waals surface area contributed by atoms with E-state index in [0.717, 1.165) is 12.8 Å². The van der Waals surface area contributed by atoms with Gasteiger partial charge in [-0.15, -0.1) is 0 Å². The van der Waals surface area contributed by atoms with Gasteiger partial charge in [-0.3, -0.25) is 18.6 Å². The van der Waals surface area contributed by atoms with Crippen LogP contribution in [0.15, 0.2) is 0 Å². The maximum Gasteiger partial charge on any atom is 0.472 e. The highest BCUT2D eigenvalue weighted by Crippen LogP contribution is 2.43. The Bertz CT molecular complexity index is 432. The van der Waals surface area contributed by atoms with Crippen LogP contribution in [-0.2, 0) is 32.7 Å². The monoisotopic (exact) mass is 414 g/mol. The average molecular weight is 414 g/mol. The molecule has 11 heteroatoms. The van der Waals surface area contributed by atoms with Crippen LogP contribution in [0, 0.1) is 0 Å². The van der Waals surface area contributed by atoms with Gasteiger partial charge in [0.05, 0.1) is 26.4 Å². The van der Waals surface area contributed by atoms with E-state index in [1.165, 1.54) is 0 Å². The van der Waals surface area contributed by atoms with Crippen molar-refractivity contribution in [2.45, 2.75) is 64.6 Å². The summed E-state index contributed by atoms with van der Waals surface area (Å²) < 4.78 is 31.0. The van der Waals surface area contributed by atoms with E-state index in [0.29, 0.717) is 12.8 Å². The molecule has 0 aromatic heterocycles. The summed E-state index contributed by atoms with van der Waals surface area (Å²) in [6.07, 6.45) is 0.952. The van der Waals surface area contributed by atoms with E-state index in [1.807, 2.05) is 13.8 Å². The van der Waals surface area contributed by atoms with Crippen LogP contribution in [0.25, 0.3) is 0 Å². The van der Waals surface area contributed by atoms with Gasteiger partial charge in [0.25, 0.3) is 0 Å². The van der Waals surface area contributed by atoms with E-state index in [4.69, 9.17) is 19.7 Å². The molecule has 0 aliphatic heterocycles. The molecular formula is C16H31O10P. The lowest BCUT2D eigenvalue weighted by molar-refractivity contribution is -0.153. The molecule has 3 N–H and O–H groups in total. The topological polar surface area (TPSA) is 149 Å². The van der Waals surface area contributed by atoms with Crippen molar-refractivity contribution in [3.63, 3.8) is 0 Å². The second-order valence-corrected chi connectivity index (χ2v) is 7.31. The Kier molecular flexibility index (Phi) is 14.4. The van der Waals surface area contributed by atoms with Crippen LogP contribution in [0.5, 0.6) is 0 Å². The van der Waals surface area contributed by atoms with Gasteiger partial charge in [-0.25, -0.2) is 4.57 Å². The van der Waals surface area contributed by atoms with Gasteiger partial charge in [-0.1, -0.05) is 26.7 Å². The highest BCUT2D eigenvalue weighted by Gasteiger charge is 2.27. The average Bonchev–Trinajstić information content (AvgIpc) is 2.64. The lowest BCUT2D eigenvalue weighted by atomic mass is 10.2. The van der Waals surface area contributed by atoms with Crippen molar-refractivity contribution in [3.8, 4) is 0 Å². The molecule has 0 fully saturated rings. The summed E-state index contributed by atoms with van der Waals surface area (Å²) in [6.45, 7) is 1.52. The van der Waals surface area contributed by atoms with Gasteiger partial charge >= 0.3 is 19.8 Å². The predicted molar refractivity (Wildman–Crippen MR) is 94.7 cm³/mol. The molecule has 0 saturated heterocycles. The Balaban J connectivity index is 4.33. The van der Waals surface area contributed by atoms with Crippen molar-refractivity contribution in [2.75, 3.05) is 26.4 Å². The minimum atomic E-state index is -4.56. The number of hydrogen-bond donors (Lipinski definition) is 3. The number of aliphatic hydroxyl groups is 2. The first-order valence-electron chi connectivity index (χ1n) is 9.00. The van der Waals surface area contributed by atoms with E-state index in [9.17, 15) is 19.0 Å². The van der Waals surface area contributed by atoms with Crippen LogP contribution in [-0.4, -0.2) is 65.7 Å². The summed E-state index contributed by atoms with van der Waals surface area (Å²) in [7, 11) is -4.56. The van der Waals surface area contributed by atoms with Crippen molar-refractivity contribution in [2.24, 2.45) is 0 Å². The maximum atomic E-state index is 11.8. The molecule has 2 atom stereocenters. The fourth-order valence-electron chi connectivity index (χ4n) is 1.77. The smallest absolute Gasteiger partial charge is 0.457 e. The van der Waals surface area contributed by atoms with Crippen LogP contribution in [0.4, 0.5) is 0 Å². The highest BCUT2D eigenvalue weighted by molar-refractivity contribution is 7.47. The minimum Gasteiger partial charge on any atom is -0.457 e. The van der Waals surface area contributed by atoms with E-state index >= 15 is 0 Å². The number of unbranched alkanes of at least 4 members (excludes halogenated alkanes) is 2. The first-order valence-corrected chi connectivity index (χ1v) is 10.5. The van der Waals surface area contributed by atoms with Gasteiger partial charge in [0.15, 0.2) is 0 Å². The van der Waals surface area contributed by atoms with Gasteiger partial charge in [-0.05, 0) is 12.8 Å². The largest absolute Gasteiger partial charge is 0.472 e. The molecule has 0 amide bonds. The molecule has 0 aliphatic carbocycles. The number of hydrogen-bond acceptors (Lipinski definition) is 9. The second kappa shape index (κ2) is 15.0. The molecule has 0 heterocycles. The van der Waals surface area contributed by atoms with Crippen LogP contribution in [0.2, 0.25) is 0 Å². The summed E-state index contributed by atoms with van der Waals surface area (Å²) >= 11 is 0. The number of carbonyl (C=O) groups excluding carboxylic acids is 2. The van der Waals surface area contributed by atoms with Crippen LogP contribution in [0.1, 0.15) is 52.4 Å². The van der Waals surface area contributed by atoms with Gasteiger partial charge in [-0.2, -0.15) is 0 Å². The van der Waals surface area contributed by atoms with E-state index in [1.54, 1.807) is 0 Å². The summed E-state index contributed by atoms with van der Waals surface area (Å²) in [5.41, 5.74) is 0. The molecule has 0 rings (SSSR count). The fraction of sp³-hybridized carbons (Fsp3) is 0.875. The lowest BCUT2D eigenvalue weighted by Crippen LogP contribution is -2.28. The van der Waals surface area contributed by atoms with Gasteiger partial charge in [0.1, 0.15) is 12.2 Å². The van der Waals surface area contributed by atoms with Gasteiger partial charge < -0.3 is 24.6 Å². The third kappa shape index (κ3) is 13.7. The van der Waals surface area contributed by atoms with E-state index in [2.05, 4.69) is 9.05 Å². The minimum absolute atomic E-state index is 0.169. The molecule has 10 nitrogen and oxygen atoms in total. The maximum absolute atomic E-state index is 11.8. The van der Waals surface area contributed by atoms with Crippen molar-refractivity contribution in [1.29, 1.82) is 0 Å². The molecule has 0 aromatic carbocycles. The Morgan fingerprint density at radius 2 is 1.22 bits per heavy atom. The normalized spacial score (nSPS) is 15.6. The highest BCUT2D eigenvalue weighted by atomic mass is 31.2. The van der Waals surface area contributed by atoms with Crippen molar-refractivity contribution >= 4 is 19.8 Å². The van der Waals surface area contributed by atoms with Gasteiger partial charge in [0.2, 0.25) is 0 Å². The van der Waals surface area contributed by atoms with Crippen molar-refractivity contribution in [3.05, 3.63) is 0 Å². The predicted octanol–water partition coefficient (Wildman–Crippen LogP) is 1.31. The molecule has 0 bridgehead atoms. The number of phosphoric ester groups is 1. The second-order valence-electron chi connectivity index (χ2n) is 5.86. The van der Waals surface area contributed by atoms with E-state index in [-0.39, 0.29) is 12.8 Å². The Morgan fingerprint density at radius 3 is 1.52 bits per heavy atom. The van der Waals surface area contributed by atoms with Crippen LogP contribution in [0.3, 0.4) is 0 Å². The lowest BCUT2D eigenvalue weighted by Gasteiger charge is -2.20. The number of rotatable bonds is 16. The standard InChI is InChI=1S/C16H31O10P/c1-3-5-7-15(19)25-13(9-17)11-23-27(21,22)24-12-14(10-18)26-16(20)8-6-4-2/h13-14,17-18H,3-12H2,1-2H3,(H,21,22). The summed E-state index contributed by atoms with van der Waals surface area (Å²) in [5, 5.41) is 18.3. The molecule has 0 aliphatic rings. The summed E-state index contributed by atoms with van der Waals surface area (Å²) in [4.78, 5) is 32.6. The number of ether oxygens (including phenoxy) is 2. The SMILES string of the molecule is CCCCC(=O)OC(CO)COP(=O)(O)OCC(CO)OC(=O)CCCC. The van der Waals surface area contributed by atoms with Crippen LogP contribution >= 0.6 is 7.82 Å². The molecule has 0 aromatic rings. The molecule has 2 unspecified atom stereocenters. The molecule has 160 valence electrons. The van der Waals surface area contributed by atoms with Crippen LogP contribution < -0.4 is 0 Å². The third-order valence-electron chi connectivity index (χ3n) is 3.32. The first-order chi connectivity index (χ1) is 12.8. The number of carbonyl (C=O) groups is 2. The number of phosphoric acid groups is 1. The first kappa shape index (κ1) is 26.0. The fourth-order valence-corrected chi connectivity index (χ4v) is 2.56. The molecular weight excluding hydrogens is 383 g/mol. The van der Waals surface area contributed by atoms with Crippen molar-refractivity contribution < 1.29 is 47.8 Å². The zero-order valence-electron chi connectivity index (χ0n) is 15.9. The molecule has 0 saturated carbocycles. The molecule has 0 radical (unpaired) electrons. The quantitative estimate of drug-likeness (QED) is 0.249. The zero-order chi connectivity index (χ0) is 20.7. The molecule has 0 spiro atoms. The number of aliphatic hydroxyl groups excluding tert-OH is 2. The zero-order valence-corrected chi connectivity index (χ0v) is 16.8. The summed E-state index contributed by atoms with van der Waals surface area (Å²) in [6, 6.07) is 0.